The van der Waals surface area contributed by atoms with Gasteiger partial charge in [-0.25, -0.2) is 0 Å². The molecule has 4 nitrogen and oxygen atoms in total. The van der Waals surface area contributed by atoms with Crippen molar-refractivity contribution in [2.75, 3.05) is 0 Å². The first-order chi connectivity index (χ1) is 8.41. The van der Waals surface area contributed by atoms with Crippen molar-refractivity contribution in [2.45, 2.75) is 76.9 Å². The molecule has 0 aliphatic carbocycles. The minimum absolute atomic E-state index is 0.0113. The van der Waals surface area contributed by atoms with Gasteiger partial charge in [-0.3, -0.25) is 9.59 Å². The van der Waals surface area contributed by atoms with E-state index in [9.17, 15) is 19.8 Å². The molecule has 2 atom stereocenters. The number of hydrogen-bond acceptors (Lipinski definition) is 4. The summed E-state index contributed by atoms with van der Waals surface area (Å²) in [6, 6.07) is 0. The molecule has 0 aromatic carbocycles. The van der Waals surface area contributed by atoms with Gasteiger partial charge < -0.3 is 10.2 Å². The Bertz CT molecular complexity index is 331. The summed E-state index contributed by atoms with van der Waals surface area (Å²) in [4.78, 5) is 22.0. The lowest BCUT2D eigenvalue weighted by molar-refractivity contribution is -0.135. The van der Waals surface area contributed by atoms with Gasteiger partial charge in [0, 0.05) is 13.3 Å². The molecule has 1 unspecified atom stereocenters. The van der Waals surface area contributed by atoms with Gasteiger partial charge in [-0.1, -0.05) is 33.9 Å². The van der Waals surface area contributed by atoms with Gasteiger partial charge in [0.2, 0.25) is 0 Å². The van der Waals surface area contributed by atoms with Crippen LogP contribution in [0.4, 0.5) is 0 Å². The Morgan fingerprint density at radius 2 is 1.63 bits per heavy atom. The monoisotopic (exact) mass is 288 g/mol. The maximum absolute atomic E-state index is 11.2. The van der Waals surface area contributed by atoms with Gasteiger partial charge in [0.25, 0.3) is 0 Å². The number of carbonyl (C=O) groups is 2. The van der Waals surface area contributed by atoms with Crippen LogP contribution in [0.1, 0.15) is 47.0 Å². The van der Waals surface area contributed by atoms with Gasteiger partial charge in [-0.2, -0.15) is 0 Å². The molecule has 5 heteroatoms. The van der Waals surface area contributed by atoms with Crippen LogP contribution in [0.25, 0.3) is 0 Å². The van der Waals surface area contributed by atoms with Gasteiger partial charge in [0.1, 0.15) is 0 Å². The zero-order chi connectivity index (χ0) is 15.4. The summed E-state index contributed by atoms with van der Waals surface area (Å²) >= 11 is 0. The van der Waals surface area contributed by atoms with E-state index in [2.05, 4.69) is 33.9 Å². The number of carbonyl (C=O) groups excluding carboxylic acids is 2. The second-order valence-corrected chi connectivity index (χ2v) is 12.4. The fraction of sp³-hybridized carbons (Fsp3) is 0.857. The Morgan fingerprint density at radius 1 is 1.16 bits per heavy atom. The highest BCUT2D eigenvalue weighted by Gasteiger charge is 2.44. The first-order valence-corrected chi connectivity index (χ1v) is 9.89. The third-order valence-electron chi connectivity index (χ3n) is 4.33. The summed E-state index contributed by atoms with van der Waals surface area (Å²) in [6.45, 7) is 11.6. The van der Waals surface area contributed by atoms with Crippen molar-refractivity contribution >= 4 is 19.6 Å². The summed E-state index contributed by atoms with van der Waals surface area (Å²) in [6.07, 6.45) is 0.120. The maximum atomic E-state index is 11.2. The lowest BCUT2D eigenvalue weighted by Crippen LogP contribution is -2.54. The normalized spacial score (nSPS) is 16.0. The van der Waals surface area contributed by atoms with Crippen molar-refractivity contribution in [3.8, 4) is 0 Å². The molecule has 0 saturated heterocycles. The van der Waals surface area contributed by atoms with Crippen molar-refractivity contribution in [2.24, 2.45) is 0 Å². The van der Waals surface area contributed by atoms with Crippen LogP contribution in [-0.4, -0.2) is 41.7 Å². The molecule has 112 valence electrons. The number of rotatable bonds is 7. The Labute approximate surface area is 117 Å². The zero-order valence-corrected chi connectivity index (χ0v) is 14.0. The molecule has 0 aliphatic rings. The van der Waals surface area contributed by atoms with E-state index in [-0.39, 0.29) is 11.5 Å². The van der Waals surface area contributed by atoms with E-state index in [1.807, 2.05) is 0 Å². The van der Waals surface area contributed by atoms with E-state index in [1.165, 1.54) is 6.92 Å². The van der Waals surface area contributed by atoms with Crippen LogP contribution in [0.15, 0.2) is 0 Å². The van der Waals surface area contributed by atoms with E-state index in [1.54, 1.807) is 0 Å². The fourth-order valence-corrected chi connectivity index (χ4v) is 3.75. The first-order valence-electron chi connectivity index (χ1n) is 6.81. The third-order valence-corrected chi connectivity index (χ3v) is 10.1. The summed E-state index contributed by atoms with van der Waals surface area (Å²) in [5.74, 6) is -0.853. The number of ketones is 2. The molecule has 0 aromatic rings. The van der Waals surface area contributed by atoms with E-state index in [0.717, 1.165) is 0 Å². The van der Waals surface area contributed by atoms with Crippen molar-refractivity contribution in [1.82, 2.24) is 0 Å². The van der Waals surface area contributed by atoms with Crippen molar-refractivity contribution in [1.29, 1.82) is 0 Å². The molecule has 0 aliphatic heterocycles. The predicted octanol–water partition coefficient (Wildman–Crippen LogP) is 2.08. The standard InChI is InChI=1S/C14H28O4Si/c1-10(15)11(16)8-7-9-12(17)13(18)19(5,6)14(2,3)4/h12-13,17-18H,7-9H2,1-6H3/t12-,13?/m0/s1. The van der Waals surface area contributed by atoms with E-state index in [4.69, 9.17) is 0 Å². The first kappa shape index (κ1) is 18.5. The maximum Gasteiger partial charge on any atom is 0.198 e. The van der Waals surface area contributed by atoms with Crippen LogP contribution in [0.5, 0.6) is 0 Å². The molecule has 2 N–H and O–H groups in total. The highest BCUT2D eigenvalue weighted by Crippen LogP contribution is 2.39. The van der Waals surface area contributed by atoms with Crippen LogP contribution in [0.3, 0.4) is 0 Å². The number of hydrogen-bond donors (Lipinski definition) is 2. The molecule has 0 aromatic heterocycles. The SMILES string of the molecule is CC(=O)C(=O)CCC[C@H](O)C(O)[Si](C)(C)C(C)(C)C. The van der Waals surface area contributed by atoms with Gasteiger partial charge in [-0.05, 0) is 17.9 Å². The molecule has 0 radical (unpaired) electrons. The van der Waals surface area contributed by atoms with Gasteiger partial charge in [0.15, 0.2) is 11.6 Å². The highest BCUT2D eigenvalue weighted by molar-refractivity contribution is 6.81. The Kier molecular flexibility index (Phi) is 6.58. The quantitative estimate of drug-likeness (QED) is 0.555. The Balaban J connectivity index is 4.40. The fourth-order valence-electron chi connectivity index (χ4n) is 1.73. The lowest BCUT2D eigenvalue weighted by Gasteiger charge is -2.42. The van der Waals surface area contributed by atoms with Crippen LogP contribution in [0, 0.1) is 0 Å². The molecule has 0 saturated carbocycles. The lowest BCUT2D eigenvalue weighted by atomic mass is 10.1. The minimum atomic E-state index is -2.02. The second kappa shape index (κ2) is 6.77. The van der Waals surface area contributed by atoms with Gasteiger partial charge >= 0.3 is 0 Å². The van der Waals surface area contributed by atoms with E-state index >= 15 is 0 Å². The molecule has 0 bridgehead atoms. The summed E-state index contributed by atoms with van der Waals surface area (Å²) < 4.78 is 0. The van der Waals surface area contributed by atoms with Crippen LogP contribution >= 0.6 is 0 Å². The average molecular weight is 288 g/mol. The molecule has 0 spiro atoms. The van der Waals surface area contributed by atoms with Crippen molar-refractivity contribution in [3.63, 3.8) is 0 Å². The Hall–Kier alpha value is -0.523. The molecule has 19 heavy (non-hydrogen) atoms. The van der Waals surface area contributed by atoms with Gasteiger partial charge in [-0.15, -0.1) is 0 Å². The van der Waals surface area contributed by atoms with Crippen molar-refractivity contribution in [3.05, 3.63) is 0 Å². The molecule has 0 heterocycles. The predicted molar refractivity (Wildman–Crippen MR) is 78.7 cm³/mol. The van der Waals surface area contributed by atoms with Crippen LogP contribution in [-0.2, 0) is 9.59 Å². The summed E-state index contributed by atoms with van der Waals surface area (Å²) in [7, 11) is -2.02. The molecule has 0 fully saturated rings. The van der Waals surface area contributed by atoms with Crippen LogP contribution < -0.4 is 0 Å². The summed E-state index contributed by atoms with van der Waals surface area (Å²) in [5.41, 5.74) is -0.722. The second-order valence-electron chi connectivity index (χ2n) is 6.86. The highest BCUT2D eigenvalue weighted by atomic mass is 28.3. The largest absolute Gasteiger partial charge is 0.394 e. The number of Topliss-reactive ketones (excluding diaryl/α,β-unsaturated/α-hetero) is 2. The van der Waals surface area contributed by atoms with E-state index in [0.29, 0.717) is 12.8 Å². The zero-order valence-electron chi connectivity index (χ0n) is 13.0. The van der Waals surface area contributed by atoms with Crippen molar-refractivity contribution < 1.29 is 19.8 Å². The average Bonchev–Trinajstić information content (AvgIpc) is 2.25. The molecule has 0 amide bonds. The smallest absolute Gasteiger partial charge is 0.198 e. The summed E-state index contributed by atoms with van der Waals surface area (Å²) in [5, 5.41) is 20.4. The molecule has 0 rings (SSSR count). The molecular weight excluding hydrogens is 260 g/mol. The number of aliphatic hydroxyl groups excluding tert-OH is 2. The third kappa shape index (κ3) is 5.16. The number of aliphatic hydroxyl groups is 2. The Morgan fingerprint density at radius 3 is 2.00 bits per heavy atom. The van der Waals surface area contributed by atoms with E-state index < -0.39 is 31.5 Å². The van der Waals surface area contributed by atoms with Gasteiger partial charge in [0.05, 0.1) is 19.9 Å². The van der Waals surface area contributed by atoms with Crippen LogP contribution in [0.2, 0.25) is 18.1 Å². The molecular formula is C14H28O4Si. The minimum Gasteiger partial charge on any atom is -0.394 e. The topological polar surface area (TPSA) is 74.6 Å².